The maximum absolute atomic E-state index is 8.46. The summed E-state index contributed by atoms with van der Waals surface area (Å²) in [5.74, 6) is 0. The van der Waals surface area contributed by atoms with Crippen molar-refractivity contribution in [3.05, 3.63) is 0 Å². The standard InChI is InChI=1S/4Al.Ca.8O.Sr/q;;;;+2;;;;;4*-1;+2. The Morgan fingerprint density at radius 3 is 0.571 bits per heavy atom. The van der Waals surface area contributed by atoms with Crippen LogP contribution in [0.4, 0.5) is 0 Å². The van der Waals surface area contributed by atoms with Gasteiger partial charge in [0.25, 0.3) is 0 Å². The smallest absolute Gasteiger partial charge is 2.00 e. The molecule has 0 spiro atoms. The minimum absolute atomic E-state index is 0. The van der Waals surface area contributed by atoms with E-state index < -0.39 is 61.9 Å². The van der Waals surface area contributed by atoms with Crippen LogP contribution in [0.5, 0.6) is 0 Å². The average Bonchev–Trinajstić information content (AvgIpc) is 1.92. The Morgan fingerprint density at radius 1 is 0.571 bits per heavy atom. The molecule has 8 nitrogen and oxygen atoms in total. The fourth-order valence-corrected chi connectivity index (χ4v) is 0. The summed E-state index contributed by atoms with van der Waals surface area (Å²) in [6, 6.07) is 0. The molecule has 64 valence electrons. The monoisotopic (exact) mass is 364 g/mol. The van der Waals surface area contributed by atoms with Crippen LogP contribution < -0.4 is 16.6 Å². The summed E-state index contributed by atoms with van der Waals surface area (Å²) in [6.45, 7) is 0. The van der Waals surface area contributed by atoms with Gasteiger partial charge in [0, 0.05) is 0 Å². The van der Waals surface area contributed by atoms with Crippen LogP contribution in [-0.2, 0) is 15.2 Å². The maximum Gasteiger partial charge on any atom is 2.00 e. The second-order valence-electron chi connectivity index (χ2n) is 0.385. The summed E-state index contributed by atoms with van der Waals surface area (Å²) in [5.41, 5.74) is 0. The zero-order valence-electron chi connectivity index (χ0n) is 6.99. The van der Waals surface area contributed by atoms with Crippen LogP contribution in [0, 0.1) is 0 Å². The van der Waals surface area contributed by atoms with E-state index in [1.165, 1.54) is 0 Å². The van der Waals surface area contributed by atoms with Crippen LogP contribution >= 0.6 is 0 Å². The fourth-order valence-electron chi connectivity index (χ4n) is 0. The van der Waals surface area contributed by atoms with Gasteiger partial charge in [0.2, 0.25) is 0 Å². The molecule has 0 amide bonds. The summed E-state index contributed by atoms with van der Waals surface area (Å²) in [7, 11) is 0. The molecule has 0 aliphatic heterocycles. The molecule has 0 unspecified atom stereocenters. The van der Waals surface area contributed by atoms with Crippen LogP contribution in [0.3, 0.4) is 0 Å². The van der Waals surface area contributed by atoms with Crippen LogP contribution in [0.2, 0.25) is 0 Å². The Hall–Kier alpha value is 3.27. The minimum Gasteiger partial charge on any atom is 2.00 e. The molecule has 0 aromatic carbocycles. The molecule has 0 bridgehead atoms. The number of hydrogen-bond acceptors (Lipinski definition) is 8. The van der Waals surface area contributed by atoms with E-state index in [-0.39, 0.29) is 83.2 Å². The molecule has 0 atom stereocenters. The average molecular weight is 364 g/mol. The summed E-state index contributed by atoms with van der Waals surface area (Å²) >= 11 is -7.00. The van der Waals surface area contributed by atoms with Gasteiger partial charge in [0.1, 0.15) is 0 Å². The van der Waals surface area contributed by atoms with Crippen molar-refractivity contribution in [2.24, 2.45) is 0 Å². The summed E-state index contributed by atoms with van der Waals surface area (Å²) < 4.78 is 67.7. The Bertz CT molecular complexity index is 75.3. The van der Waals surface area contributed by atoms with Gasteiger partial charge in [-0.1, -0.05) is 0 Å². The van der Waals surface area contributed by atoms with Gasteiger partial charge in [0.05, 0.1) is 0 Å². The summed E-state index contributed by atoms with van der Waals surface area (Å²) in [4.78, 5) is 0. The van der Waals surface area contributed by atoms with Gasteiger partial charge in [-0.15, -0.1) is 0 Å². The molecular weight excluding hydrogens is 364 g/mol. The van der Waals surface area contributed by atoms with E-state index >= 15 is 0 Å². The third-order valence-electron chi connectivity index (χ3n) is 0. The molecule has 0 heterocycles. The molecule has 0 aliphatic carbocycles. The Labute approximate surface area is 173 Å². The molecule has 0 saturated heterocycles. The quantitative estimate of drug-likeness (QED) is 0.383. The van der Waals surface area contributed by atoms with Crippen LogP contribution in [0.1, 0.15) is 0 Å². The summed E-state index contributed by atoms with van der Waals surface area (Å²) in [6.07, 6.45) is 0. The minimum atomic E-state index is -1.75. The molecule has 0 fully saturated rings. The zero-order valence-corrected chi connectivity index (χ0v) is 17.3. The van der Waals surface area contributed by atoms with Crippen molar-refractivity contribution in [2.45, 2.75) is 0 Å². The second-order valence-corrected chi connectivity index (χ2v) is 1.15. The van der Waals surface area contributed by atoms with Gasteiger partial charge in [-0.05, 0) is 0 Å². The summed E-state index contributed by atoms with van der Waals surface area (Å²) in [5, 5.41) is 0. The maximum atomic E-state index is 8.46. The van der Waals surface area contributed by atoms with E-state index in [1.54, 1.807) is 0 Å². The van der Waals surface area contributed by atoms with Crippen molar-refractivity contribution in [3.63, 3.8) is 0 Å². The predicted octanol–water partition coefficient (Wildman–Crippen LogP) is -7.52. The van der Waals surface area contributed by atoms with Crippen molar-refractivity contribution in [1.29, 1.82) is 0 Å². The Morgan fingerprint density at radius 2 is 0.571 bits per heavy atom. The predicted molar refractivity (Wildman–Crippen MR) is 37.3 cm³/mol. The van der Waals surface area contributed by atoms with Crippen molar-refractivity contribution >= 4 is 145 Å². The van der Waals surface area contributed by atoms with E-state index in [4.69, 9.17) is 31.8 Å². The van der Waals surface area contributed by atoms with Gasteiger partial charge < -0.3 is 0 Å². The van der Waals surface area contributed by atoms with Crippen molar-refractivity contribution in [3.8, 4) is 0 Å². The molecule has 0 aromatic heterocycles. The van der Waals surface area contributed by atoms with Crippen LogP contribution in [0.25, 0.3) is 0 Å². The number of rotatable bonds is 0. The third-order valence-corrected chi connectivity index (χ3v) is 0. The van der Waals surface area contributed by atoms with Gasteiger partial charge in [0.15, 0.2) is 0 Å². The van der Waals surface area contributed by atoms with Gasteiger partial charge in [-0.25, -0.2) is 0 Å². The fraction of sp³-hybridized carbons (Fsp3) is 0. The van der Waals surface area contributed by atoms with Crippen molar-refractivity contribution < 1.29 is 31.8 Å². The largest absolute Gasteiger partial charge is 2.00 e. The zero-order chi connectivity index (χ0) is 10.8. The topological polar surface area (TPSA) is 161 Å². The molecule has 0 N–H and O–H groups in total. The molecule has 14 heteroatoms. The van der Waals surface area contributed by atoms with Gasteiger partial charge in [-0.3, -0.25) is 0 Å². The molecule has 0 rings (SSSR count). The Balaban J connectivity index is -0.0000000145. The first kappa shape index (κ1) is 36.0. The first-order valence-electron chi connectivity index (χ1n) is 1.89. The molecule has 0 radical (unpaired) electrons. The van der Waals surface area contributed by atoms with E-state index in [2.05, 4.69) is 0 Å². The second kappa shape index (κ2) is 71.8. The van der Waals surface area contributed by atoms with E-state index in [9.17, 15) is 0 Å². The van der Waals surface area contributed by atoms with Gasteiger partial charge >= 0.3 is 177 Å². The third kappa shape index (κ3) is 291. The van der Waals surface area contributed by atoms with Crippen LogP contribution in [-0.4, -0.2) is 145 Å². The molecule has 0 aliphatic rings. The molecule has 0 aromatic rings. The molecular formula is Al4CaO8Sr. The first-order chi connectivity index (χ1) is 5.66. The van der Waals surface area contributed by atoms with E-state index in [0.29, 0.717) is 0 Å². The van der Waals surface area contributed by atoms with E-state index in [1.807, 2.05) is 0 Å². The van der Waals surface area contributed by atoms with Crippen molar-refractivity contribution in [2.75, 3.05) is 0 Å². The molecule has 0 saturated carbocycles. The first-order valence-corrected chi connectivity index (χ1v) is 5.66. The van der Waals surface area contributed by atoms with E-state index in [0.717, 1.165) is 0 Å². The van der Waals surface area contributed by atoms with Gasteiger partial charge in [-0.2, -0.15) is 0 Å². The number of hydrogen-bond donors (Lipinski definition) is 0. The normalized spacial score (nSPS) is 2.29. The van der Waals surface area contributed by atoms with Crippen molar-refractivity contribution in [1.82, 2.24) is 0 Å². The SMILES string of the molecule is [Ca+2].[O]=[Al][O-].[O]=[Al][O-].[O]=[Al][O-].[O]=[Al][O-].[Sr+2]. The Kier molecular flexibility index (Phi) is 185. The van der Waals surface area contributed by atoms with Crippen LogP contribution in [0.15, 0.2) is 0 Å². The molecule has 14 heavy (non-hydrogen) atoms.